The minimum atomic E-state index is -0.882. The van der Waals surface area contributed by atoms with Gasteiger partial charge in [-0.05, 0) is 27.2 Å². The van der Waals surface area contributed by atoms with Crippen LogP contribution >= 0.6 is 11.3 Å². The van der Waals surface area contributed by atoms with Crippen molar-refractivity contribution in [3.8, 4) is 11.3 Å². The molecule has 0 saturated carbocycles. The Morgan fingerprint density at radius 1 is 1.26 bits per heavy atom. The summed E-state index contributed by atoms with van der Waals surface area (Å²) in [6, 6.07) is 7.62. The highest BCUT2D eigenvalue weighted by molar-refractivity contribution is 7.14. The van der Waals surface area contributed by atoms with Gasteiger partial charge in [0.15, 0.2) is 5.13 Å². The van der Waals surface area contributed by atoms with Gasteiger partial charge in [-0.25, -0.2) is 9.78 Å². The Kier molecular flexibility index (Phi) is 5.27. The van der Waals surface area contributed by atoms with Gasteiger partial charge in [-0.15, -0.1) is 11.3 Å². The van der Waals surface area contributed by atoms with E-state index in [2.05, 4.69) is 15.6 Å². The van der Waals surface area contributed by atoms with Crippen LogP contribution in [0, 0.1) is 6.92 Å². The second-order valence-electron chi connectivity index (χ2n) is 7.07. The number of anilines is 1. The molecule has 27 heavy (non-hydrogen) atoms. The number of hydrogen-bond acceptors (Lipinski definition) is 5. The predicted molar refractivity (Wildman–Crippen MR) is 104 cm³/mol. The molecule has 1 aliphatic heterocycles. The monoisotopic (exact) mass is 386 g/mol. The van der Waals surface area contributed by atoms with Crippen molar-refractivity contribution in [1.82, 2.24) is 15.2 Å². The molecule has 2 heterocycles. The maximum absolute atomic E-state index is 12.1. The second kappa shape index (κ2) is 7.48. The van der Waals surface area contributed by atoms with Gasteiger partial charge < -0.3 is 10.6 Å². The Hall–Kier alpha value is -2.74. The van der Waals surface area contributed by atoms with Crippen molar-refractivity contribution < 1.29 is 14.4 Å². The van der Waals surface area contributed by atoms with E-state index in [1.807, 2.05) is 36.6 Å². The van der Waals surface area contributed by atoms with E-state index >= 15 is 0 Å². The van der Waals surface area contributed by atoms with Crippen molar-refractivity contribution in [3.05, 3.63) is 35.2 Å². The molecule has 8 heteroatoms. The van der Waals surface area contributed by atoms with Gasteiger partial charge in [-0.1, -0.05) is 29.8 Å². The number of carbonyl (C=O) groups is 3. The minimum Gasteiger partial charge on any atom is -0.324 e. The van der Waals surface area contributed by atoms with Crippen molar-refractivity contribution in [3.63, 3.8) is 0 Å². The first kappa shape index (κ1) is 19.0. The first-order valence-electron chi connectivity index (χ1n) is 8.73. The first-order valence-corrected chi connectivity index (χ1v) is 9.61. The summed E-state index contributed by atoms with van der Waals surface area (Å²) in [5.74, 6) is -0.457. The number of hydrogen-bond donors (Lipinski definition) is 2. The number of amides is 4. The highest BCUT2D eigenvalue weighted by atomic mass is 32.1. The van der Waals surface area contributed by atoms with E-state index < -0.39 is 11.6 Å². The number of rotatable bonds is 6. The van der Waals surface area contributed by atoms with Crippen LogP contribution in [0.15, 0.2) is 29.6 Å². The van der Waals surface area contributed by atoms with Crippen LogP contribution in [-0.4, -0.2) is 39.8 Å². The molecule has 0 atom stereocenters. The van der Waals surface area contributed by atoms with Gasteiger partial charge in [0.1, 0.15) is 5.54 Å². The lowest BCUT2D eigenvalue weighted by molar-refractivity contribution is -0.130. The molecule has 7 nitrogen and oxygen atoms in total. The van der Waals surface area contributed by atoms with Crippen molar-refractivity contribution in [2.24, 2.45) is 0 Å². The second-order valence-corrected chi connectivity index (χ2v) is 7.93. The van der Waals surface area contributed by atoms with Gasteiger partial charge >= 0.3 is 6.03 Å². The number of aryl methyl sites for hydroxylation is 1. The fourth-order valence-electron chi connectivity index (χ4n) is 2.79. The third kappa shape index (κ3) is 4.33. The molecular weight excluding hydrogens is 364 g/mol. The lowest BCUT2D eigenvalue weighted by atomic mass is 10.1. The Bertz CT molecular complexity index is 873. The van der Waals surface area contributed by atoms with Gasteiger partial charge in [0.25, 0.3) is 5.91 Å². The van der Waals surface area contributed by atoms with E-state index in [9.17, 15) is 14.4 Å². The zero-order valence-corrected chi connectivity index (χ0v) is 16.4. The molecule has 0 radical (unpaired) electrons. The lowest BCUT2D eigenvalue weighted by Crippen LogP contribution is -2.40. The molecule has 4 amide bonds. The average Bonchev–Trinajstić information content (AvgIpc) is 3.13. The maximum Gasteiger partial charge on any atom is 0.325 e. The largest absolute Gasteiger partial charge is 0.325 e. The highest BCUT2D eigenvalue weighted by Gasteiger charge is 2.43. The van der Waals surface area contributed by atoms with Gasteiger partial charge in [-0.2, -0.15) is 0 Å². The minimum absolute atomic E-state index is 0.189. The molecule has 142 valence electrons. The van der Waals surface area contributed by atoms with Crippen molar-refractivity contribution >= 4 is 34.3 Å². The number of urea groups is 1. The Balaban J connectivity index is 1.50. The van der Waals surface area contributed by atoms with Crippen LogP contribution in [0.2, 0.25) is 0 Å². The third-order valence-electron chi connectivity index (χ3n) is 4.33. The van der Waals surface area contributed by atoms with Crippen LogP contribution in [0.1, 0.15) is 32.3 Å². The van der Waals surface area contributed by atoms with Gasteiger partial charge in [0, 0.05) is 23.9 Å². The summed E-state index contributed by atoms with van der Waals surface area (Å²) in [4.78, 5) is 41.6. The summed E-state index contributed by atoms with van der Waals surface area (Å²) in [5, 5.41) is 7.83. The van der Waals surface area contributed by atoms with Gasteiger partial charge in [-0.3, -0.25) is 14.5 Å². The Labute approximate surface area is 161 Å². The molecule has 2 N–H and O–H groups in total. The van der Waals surface area contributed by atoms with Gasteiger partial charge in [0.05, 0.1) is 5.69 Å². The zero-order valence-electron chi connectivity index (χ0n) is 15.5. The SMILES string of the molecule is Cc1ccc(-c2csc(NC(=O)CCCN3C(=O)NC(C)(C)C3=O)n2)cc1. The summed E-state index contributed by atoms with van der Waals surface area (Å²) in [6.45, 7) is 5.56. The van der Waals surface area contributed by atoms with Crippen molar-refractivity contribution in [2.75, 3.05) is 11.9 Å². The normalized spacial score (nSPS) is 15.7. The van der Waals surface area contributed by atoms with Crippen LogP contribution in [0.5, 0.6) is 0 Å². The van der Waals surface area contributed by atoms with Gasteiger partial charge in [0.2, 0.25) is 5.91 Å². The lowest BCUT2D eigenvalue weighted by Gasteiger charge is -2.15. The van der Waals surface area contributed by atoms with E-state index in [1.54, 1.807) is 13.8 Å². The van der Waals surface area contributed by atoms with Crippen LogP contribution in [0.3, 0.4) is 0 Å². The molecule has 1 aliphatic rings. The smallest absolute Gasteiger partial charge is 0.324 e. The summed E-state index contributed by atoms with van der Waals surface area (Å²) in [7, 11) is 0. The van der Waals surface area contributed by atoms with Crippen LogP contribution in [-0.2, 0) is 9.59 Å². The van der Waals surface area contributed by atoms with E-state index in [0.29, 0.717) is 11.6 Å². The number of aromatic nitrogens is 1. The van der Waals surface area contributed by atoms with Crippen LogP contribution < -0.4 is 10.6 Å². The zero-order chi connectivity index (χ0) is 19.6. The topological polar surface area (TPSA) is 91.4 Å². The quantitative estimate of drug-likeness (QED) is 0.746. The summed E-state index contributed by atoms with van der Waals surface area (Å²) in [5.41, 5.74) is 2.11. The maximum atomic E-state index is 12.1. The van der Waals surface area contributed by atoms with Crippen molar-refractivity contribution in [2.45, 2.75) is 39.2 Å². The molecule has 0 spiro atoms. The van der Waals surface area contributed by atoms with E-state index in [0.717, 1.165) is 16.2 Å². The standard InChI is InChI=1S/C19H22N4O3S/c1-12-6-8-13(9-7-12)14-11-27-17(20-14)21-15(24)5-4-10-23-16(25)19(2,3)22-18(23)26/h6-9,11H,4-5,10H2,1-3H3,(H,22,26)(H,20,21,24). The molecule has 1 aromatic heterocycles. The average molecular weight is 386 g/mol. The number of nitrogens with zero attached hydrogens (tertiary/aromatic N) is 2. The fourth-order valence-corrected chi connectivity index (χ4v) is 3.52. The molecule has 3 rings (SSSR count). The number of imide groups is 1. The fraction of sp³-hybridized carbons (Fsp3) is 0.368. The van der Waals surface area contributed by atoms with Crippen molar-refractivity contribution in [1.29, 1.82) is 0 Å². The molecule has 2 aromatic rings. The molecule has 1 fully saturated rings. The molecule has 0 unspecified atom stereocenters. The number of thiazole rings is 1. The van der Waals surface area contributed by atoms with E-state index in [1.165, 1.54) is 16.9 Å². The Morgan fingerprint density at radius 2 is 1.96 bits per heavy atom. The summed E-state index contributed by atoms with van der Waals surface area (Å²) >= 11 is 1.36. The number of nitrogens with one attached hydrogen (secondary N) is 2. The molecule has 0 bridgehead atoms. The Morgan fingerprint density at radius 3 is 2.59 bits per heavy atom. The summed E-state index contributed by atoms with van der Waals surface area (Å²) < 4.78 is 0. The van der Waals surface area contributed by atoms with Crippen LogP contribution in [0.25, 0.3) is 11.3 Å². The molecule has 0 aliphatic carbocycles. The van der Waals surface area contributed by atoms with E-state index in [4.69, 9.17) is 0 Å². The highest BCUT2D eigenvalue weighted by Crippen LogP contribution is 2.25. The van der Waals surface area contributed by atoms with E-state index in [-0.39, 0.29) is 24.8 Å². The first-order chi connectivity index (χ1) is 12.8. The third-order valence-corrected chi connectivity index (χ3v) is 5.09. The number of carbonyl (C=O) groups excluding carboxylic acids is 3. The van der Waals surface area contributed by atoms with Crippen LogP contribution in [0.4, 0.5) is 9.93 Å². The molecular formula is C19H22N4O3S. The molecule has 1 saturated heterocycles. The number of benzene rings is 1. The summed E-state index contributed by atoms with van der Waals surface area (Å²) in [6.07, 6.45) is 0.605. The predicted octanol–water partition coefficient (Wildman–Crippen LogP) is 3.17. The molecule has 1 aromatic carbocycles.